The molecule has 34 heavy (non-hydrogen) atoms. The first-order valence-corrected chi connectivity index (χ1v) is 13.1. The van der Waals surface area contributed by atoms with Gasteiger partial charge in [-0.05, 0) is 61.9 Å². The standard InChI is InChI=1S/C26H32N4O3S/c1-19-15-20(2)25(21(3)16-19)34(32,33)30-13-9-24(10-14-30)26(31)27-17-22-5-7-23(8-6-22)18-29-12-4-11-28-29/h4-8,11-12,15-16,24H,9-10,13-14,17-18H2,1-3H3,(H,27,31). The average molecular weight is 481 g/mol. The molecule has 1 amide bonds. The third-order valence-electron chi connectivity index (χ3n) is 6.42. The highest BCUT2D eigenvalue weighted by Gasteiger charge is 2.33. The number of piperidine rings is 1. The summed E-state index contributed by atoms with van der Waals surface area (Å²) in [5.41, 5.74) is 4.77. The predicted octanol–water partition coefficient (Wildman–Crippen LogP) is 3.57. The molecule has 4 rings (SSSR count). The van der Waals surface area contributed by atoms with Crippen LogP contribution >= 0.6 is 0 Å². The maximum atomic E-state index is 13.3. The number of nitrogens with one attached hydrogen (secondary N) is 1. The van der Waals surface area contributed by atoms with Crippen molar-refractivity contribution in [2.45, 2.75) is 51.6 Å². The summed E-state index contributed by atoms with van der Waals surface area (Å²) in [4.78, 5) is 13.1. The number of benzene rings is 2. The zero-order chi connectivity index (χ0) is 24.3. The number of hydrogen-bond donors (Lipinski definition) is 1. The van der Waals surface area contributed by atoms with Crippen LogP contribution in [0.15, 0.2) is 59.8 Å². The van der Waals surface area contributed by atoms with Gasteiger partial charge in [-0.15, -0.1) is 0 Å². The lowest BCUT2D eigenvalue weighted by molar-refractivity contribution is -0.126. The van der Waals surface area contributed by atoms with Crippen LogP contribution in [0.1, 0.15) is 40.7 Å². The second kappa shape index (κ2) is 10.1. The molecule has 180 valence electrons. The van der Waals surface area contributed by atoms with E-state index in [1.54, 1.807) is 6.20 Å². The zero-order valence-corrected chi connectivity index (χ0v) is 20.8. The molecule has 0 spiro atoms. The van der Waals surface area contributed by atoms with Gasteiger partial charge in [0, 0.05) is 37.9 Å². The first kappa shape index (κ1) is 24.2. The minimum Gasteiger partial charge on any atom is -0.352 e. The summed E-state index contributed by atoms with van der Waals surface area (Å²) in [6, 6.07) is 13.8. The van der Waals surface area contributed by atoms with Crippen molar-refractivity contribution in [3.8, 4) is 0 Å². The fourth-order valence-corrected chi connectivity index (χ4v) is 6.62. The number of carbonyl (C=O) groups is 1. The molecule has 1 aliphatic heterocycles. The Hall–Kier alpha value is -2.97. The van der Waals surface area contributed by atoms with Crippen molar-refractivity contribution in [2.75, 3.05) is 13.1 Å². The lowest BCUT2D eigenvalue weighted by Crippen LogP contribution is -2.43. The van der Waals surface area contributed by atoms with Crippen molar-refractivity contribution in [2.24, 2.45) is 5.92 Å². The summed E-state index contributed by atoms with van der Waals surface area (Å²) < 4.78 is 29.9. The van der Waals surface area contributed by atoms with Gasteiger partial charge in [0.1, 0.15) is 0 Å². The molecule has 8 heteroatoms. The summed E-state index contributed by atoms with van der Waals surface area (Å²) in [5.74, 6) is -0.189. The molecule has 1 aromatic heterocycles. The summed E-state index contributed by atoms with van der Waals surface area (Å²) in [6.07, 6.45) is 4.73. The lowest BCUT2D eigenvalue weighted by atomic mass is 9.97. The van der Waals surface area contributed by atoms with E-state index < -0.39 is 10.0 Å². The molecule has 1 fully saturated rings. The maximum absolute atomic E-state index is 13.3. The van der Waals surface area contributed by atoms with E-state index in [9.17, 15) is 13.2 Å². The molecule has 0 radical (unpaired) electrons. The van der Waals surface area contributed by atoms with Gasteiger partial charge in [-0.2, -0.15) is 9.40 Å². The number of aryl methyl sites for hydroxylation is 3. The molecule has 0 unspecified atom stereocenters. The van der Waals surface area contributed by atoms with E-state index in [1.807, 2.05) is 74.1 Å². The SMILES string of the molecule is Cc1cc(C)c(S(=O)(=O)N2CCC(C(=O)NCc3ccc(Cn4cccn4)cc3)CC2)c(C)c1. The number of rotatable bonds is 7. The Morgan fingerprint density at radius 3 is 2.24 bits per heavy atom. The Labute approximate surface area is 201 Å². The summed E-state index contributed by atoms with van der Waals surface area (Å²) in [7, 11) is -3.57. The van der Waals surface area contributed by atoms with Crippen LogP contribution in [0.25, 0.3) is 0 Å². The fraction of sp³-hybridized carbons (Fsp3) is 0.385. The number of amides is 1. The van der Waals surface area contributed by atoms with Crippen LogP contribution < -0.4 is 5.32 Å². The van der Waals surface area contributed by atoms with E-state index in [-0.39, 0.29) is 11.8 Å². The second-order valence-corrected chi connectivity index (χ2v) is 11.0. The number of hydrogen-bond acceptors (Lipinski definition) is 4. The molecule has 1 saturated heterocycles. The predicted molar refractivity (Wildman–Crippen MR) is 132 cm³/mol. The van der Waals surface area contributed by atoms with Gasteiger partial charge in [0.05, 0.1) is 11.4 Å². The van der Waals surface area contributed by atoms with Crippen LogP contribution in [0.5, 0.6) is 0 Å². The van der Waals surface area contributed by atoms with Crippen molar-refractivity contribution in [3.05, 3.63) is 82.7 Å². The minimum atomic E-state index is -3.57. The van der Waals surface area contributed by atoms with Gasteiger partial charge in [0.25, 0.3) is 0 Å². The lowest BCUT2D eigenvalue weighted by Gasteiger charge is -2.31. The van der Waals surface area contributed by atoms with Gasteiger partial charge in [0.2, 0.25) is 15.9 Å². The van der Waals surface area contributed by atoms with Gasteiger partial charge >= 0.3 is 0 Å². The van der Waals surface area contributed by atoms with Crippen LogP contribution in [0.3, 0.4) is 0 Å². The molecular formula is C26H32N4O3S. The number of nitrogens with zero attached hydrogens (tertiary/aromatic N) is 3. The molecule has 1 aliphatic rings. The Kier molecular flexibility index (Phi) is 7.19. The minimum absolute atomic E-state index is 0.0136. The third-order valence-corrected chi connectivity index (χ3v) is 8.63. The molecule has 0 bridgehead atoms. The summed E-state index contributed by atoms with van der Waals surface area (Å²) in [6.45, 7) is 7.54. The Morgan fingerprint density at radius 1 is 1.03 bits per heavy atom. The largest absolute Gasteiger partial charge is 0.352 e. The number of sulfonamides is 1. The molecular weight excluding hydrogens is 448 g/mol. The fourth-order valence-electron chi connectivity index (χ4n) is 4.74. The summed E-state index contributed by atoms with van der Waals surface area (Å²) in [5, 5.41) is 7.23. The van der Waals surface area contributed by atoms with E-state index in [0.717, 1.165) is 27.8 Å². The first-order valence-electron chi connectivity index (χ1n) is 11.6. The van der Waals surface area contributed by atoms with E-state index in [2.05, 4.69) is 10.4 Å². The van der Waals surface area contributed by atoms with Gasteiger partial charge in [-0.1, -0.05) is 42.0 Å². The molecule has 2 aromatic carbocycles. The monoisotopic (exact) mass is 480 g/mol. The maximum Gasteiger partial charge on any atom is 0.243 e. The molecule has 3 aromatic rings. The third kappa shape index (κ3) is 5.39. The van der Waals surface area contributed by atoms with Crippen LogP contribution in [0.4, 0.5) is 0 Å². The molecule has 0 saturated carbocycles. The van der Waals surface area contributed by atoms with Crippen LogP contribution in [-0.2, 0) is 27.9 Å². The Morgan fingerprint density at radius 2 is 1.65 bits per heavy atom. The number of aromatic nitrogens is 2. The normalized spacial score (nSPS) is 15.4. The Bertz CT molecular complexity index is 1220. The van der Waals surface area contributed by atoms with Gasteiger partial charge in [0.15, 0.2) is 0 Å². The van der Waals surface area contributed by atoms with Crippen molar-refractivity contribution in [1.29, 1.82) is 0 Å². The van der Waals surface area contributed by atoms with Crippen molar-refractivity contribution in [3.63, 3.8) is 0 Å². The highest BCUT2D eigenvalue weighted by molar-refractivity contribution is 7.89. The topological polar surface area (TPSA) is 84.3 Å². The molecule has 1 N–H and O–H groups in total. The molecule has 7 nitrogen and oxygen atoms in total. The van der Waals surface area contributed by atoms with Gasteiger partial charge < -0.3 is 5.32 Å². The molecule has 0 aliphatic carbocycles. The highest BCUT2D eigenvalue weighted by atomic mass is 32.2. The highest BCUT2D eigenvalue weighted by Crippen LogP contribution is 2.29. The molecule has 0 atom stereocenters. The first-order chi connectivity index (χ1) is 16.2. The smallest absolute Gasteiger partial charge is 0.243 e. The van der Waals surface area contributed by atoms with Crippen LogP contribution in [0.2, 0.25) is 0 Å². The van der Waals surface area contributed by atoms with Crippen molar-refractivity contribution < 1.29 is 13.2 Å². The van der Waals surface area contributed by atoms with E-state index in [4.69, 9.17) is 0 Å². The molecule has 2 heterocycles. The van der Waals surface area contributed by atoms with Gasteiger partial charge in [-0.25, -0.2) is 8.42 Å². The van der Waals surface area contributed by atoms with Gasteiger partial charge in [-0.3, -0.25) is 9.48 Å². The van der Waals surface area contributed by atoms with E-state index >= 15 is 0 Å². The van der Waals surface area contributed by atoms with Crippen LogP contribution in [0, 0.1) is 26.7 Å². The van der Waals surface area contributed by atoms with Crippen molar-refractivity contribution in [1.82, 2.24) is 19.4 Å². The quantitative estimate of drug-likeness (QED) is 0.560. The van der Waals surface area contributed by atoms with E-state index in [0.29, 0.717) is 43.9 Å². The number of carbonyl (C=O) groups excluding carboxylic acids is 1. The van der Waals surface area contributed by atoms with Crippen LogP contribution in [-0.4, -0.2) is 41.5 Å². The van der Waals surface area contributed by atoms with Crippen molar-refractivity contribution >= 4 is 15.9 Å². The summed E-state index contributed by atoms with van der Waals surface area (Å²) >= 11 is 0. The zero-order valence-electron chi connectivity index (χ0n) is 20.0. The second-order valence-electron chi connectivity index (χ2n) is 9.14. The van der Waals surface area contributed by atoms with E-state index in [1.165, 1.54) is 4.31 Å². The Balaban J connectivity index is 1.30. The average Bonchev–Trinajstić information content (AvgIpc) is 3.30.